The van der Waals surface area contributed by atoms with Crippen molar-refractivity contribution in [3.05, 3.63) is 101 Å². The van der Waals surface area contributed by atoms with Crippen LogP contribution in [0.3, 0.4) is 0 Å². The lowest BCUT2D eigenvalue weighted by Gasteiger charge is -2.00. The van der Waals surface area contributed by atoms with Crippen LogP contribution < -0.4 is 5.43 Å². The minimum atomic E-state index is -0.472. The molecule has 30 heavy (non-hydrogen) atoms. The number of benzene rings is 2. The van der Waals surface area contributed by atoms with Crippen molar-refractivity contribution in [1.29, 1.82) is 0 Å². The number of nitrogens with zero attached hydrogens (tertiary/aromatic N) is 4. The van der Waals surface area contributed by atoms with Crippen LogP contribution in [0.2, 0.25) is 0 Å². The first kappa shape index (κ1) is 18.8. The predicted octanol–water partition coefficient (Wildman–Crippen LogP) is 3.80. The highest BCUT2D eigenvalue weighted by Gasteiger charge is 2.13. The van der Waals surface area contributed by atoms with Gasteiger partial charge in [0.25, 0.3) is 5.69 Å². The van der Waals surface area contributed by atoms with Gasteiger partial charge < -0.3 is 4.42 Å². The number of furan rings is 1. The second-order valence-electron chi connectivity index (χ2n) is 6.19. The number of nitro benzene ring substituents is 1. The van der Waals surface area contributed by atoms with Crippen LogP contribution in [-0.2, 0) is 0 Å². The molecule has 0 radical (unpaired) electrons. The van der Waals surface area contributed by atoms with E-state index in [4.69, 9.17) is 4.42 Å². The van der Waals surface area contributed by atoms with Crippen molar-refractivity contribution in [3.8, 4) is 16.9 Å². The second kappa shape index (κ2) is 8.23. The number of non-ortho nitro benzene ring substituents is 1. The average Bonchev–Trinajstić information content (AvgIpc) is 3.45. The highest BCUT2D eigenvalue weighted by Crippen LogP contribution is 2.23. The zero-order valence-corrected chi connectivity index (χ0v) is 15.5. The molecule has 0 aliphatic rings. The molecule has 9 heteroatoms. The van der Waals surface area contributed by atoms with E-state index in [-0.39, 0.29) is 11.4 Å². The van der Waals surface area contributed by atoms with E-state index >= 15 is 0 Å². The maximum Gasteiger partial charge on any atom is 0.307 e. The highest BCUT2D eigenvalue weighted by molar-refractivity contribution is 5.93. The molecule has 2 aromatic carbocycles. The zero-order chi connectivity index (χ0) is 20.9. The topological polar surface area (TPSA) is 116 Å². The molecule has 0 spiro atoms. The molecule has 0 bridgehead atoms. The van der Waals surface area contributed by atoms with Gasteiger partial charge in [-0.1, -0.05) is 30.3 Å². The molecular formula is C21H15N5O4. The Kier molecular flexibility index (Phi) is 5.16. The maximum atomic E-state index is 12.0. The number of hydrogen-bond donors (Lipinski definition) is 1. The van der Waals surface area contributed by atoms with Crippen LogP contribution in [0.25, 0.3) is 16.9 Å². The van der Waals surface area contributed by atoms with Gasteiger partial charge in [-0.05, 0) is 24.3 Å². The van der Waals surface area contributed by atoms with Crippen LogP contribution in [-0.4, -0.2) is 26.8 Å². The number of hydrogen-bond acceptors (Lipinski definition) is 6. The van der Waals surface area contributed by atoms with E-state index in [0.717, 1.165) is 5.56 Å². The molecule has 0 saturated heterocycles. The number of nitro groups is 1. The Hall–Kier alpha value is -4.53. The summed E-state index contributed by atoms with van der Waals surface area (Å²) in [4.78, 5) is 22.4. The molecule has 0 aliphatic heterocycles. The normalized spacial score (nSPS) is 10.9. The molecule has 0 aliphatic carbocycles. The van der Waals surface area contributed by atoms with Gasteiger partial charge in [-0.2, -0.15) is 10.2 Å². The van der Waals surface area contributed by atoms with Crippen molar-refractivity contribution < 1.29 is 14.1 Å². The number of carbonyl (C=O) groups excluding carboxylic acids is 1. The van der Waals surface area contributed by atoms with Crippen LogP contribution in [0.5, 0.6) is 0 Å². The summed E-state index contributed by atoms with van der Waals surface area (Å²) in [5, 5.41) is 19.5. The molecule has 2 aromatic heterocycles. The lowest BCUT2D eigenvalue weighted by Crippen LogP contribution is -2.16. The van der Waals surface area contributed by atoms with Gasteiger partial charge in [-0.25, -0.2) is 10.1 Å². The Morgan fingerprint density at radius 2 is 1.87 bits per heavy atom. The van der Waals surface area contributed by atoms with Gasteiger partial charge in [-0.15, -0.1) is 0 Å². The third-order valence-corrected chi connectivity index (χ3v) is 4.23. The monoisotopic (exact) mass is 401 g/mol. The van der Waals surface area contributed by atoms with Gasteiger partial charge in [0.05, 0.1) is 23.1 Å². The smallest absolute Gasteiger partial charge is 0.307 e. The van der Waals surface area contributed by atoms with E-state index in [9.17, 15) is 14.9 Å². The van der Waals surface area contributed by atoms with E-state index in [1.165, 1.54) is 30.7 Å². The Morgan fingerprint density at radius 1 is 1.10 bits per heavy atom. The SMILES string of the molecule is O=C(N/N=C\c1cn(-c2ccc([N+](=O)[O-])cc2)nc1-c1ccccc1)c1ccco1. The number of rotatable bonds is 6. The largest absolute Gasteiger partial charge is 0.459 e. The van der Waals surface area contributed by atoms with Crippen molar-refractivity contribution in [1.82, 2.24) is 15.2 Å². The third-order valence-electron chi connectivity index (χ3n) is 4.23. The van der Waals surface area contributed by atoms with Gasteiger partial charge in [0, 0.05) is 29.5 Å². The Labute approximate surface area is 170 Å². The van der Waals surface area contributed by atoms with Gasteiger partial charge in [-0.3, -0.25) is 14.9 Å². The molecular weight excluding hydrogens is 386 g/mol. The first-order valence-corrected chi connectivity index (χ1v) is 8.88. The quantitative estimate of drug-likeness (QED) is 0.300. The molecule has 1 amide bonds. The van der Waals surface area contributed by atoms with Gasteiger partial charge >= 0.3 is 5.91 Å². The summed E-state index contributed by atoms with van der Waals surface area (Å²) >= 11 is 0. The van der Waals surface area contributed by atoms with Crippen LogP contribution in [0, 0.1) is 10.1 Å². The minimum Gasteiger partial charge on any atom is -0.459 e. The molecule has 0 unspecified atom stereocenters. The van der Waals surface area contributed by atoms with Crippen molar-refractivity contribution in [2.75, 3.05) is 0 Å². The van der Waals surface area contributed by atoms with E-state index in [1.807, 2.05) is 30.3 Å². The molecule has 0 fully saturated rings. The summed E-state index contributed by atoms with van der Waals surface area (Å²) in [5.74, 6) is -0.322. The fraction of sp³-hybridized carbons (Fsp3) is 0. The minimum absolute atomic E-state index is 0.00314. The van der Waals surface area contributed by atoms with Crippen LogP contribution in [0.4, 0.5) is 5.69 Å². The summed E-state index contributed by atoms with van der Waals surface area (Å²) in [7, 11) is 0. The summed E-state index contributed by atoms with van der Waals surface area (Å²) in [6, 6.07) is 18.7. The number of carbonyl (C=O) groups is 1. The molecule has 9 nitrogen and oxygen atoms in total. The third kappa shape index (κ3) is 3.99. The lowest BCUT2D eigenvalue weighted by molar-refractivity contribution is -0.384. The molecule has 0 saturated carbocycles. The Bertz CT molecular complexity index is 1200. The number of hydrazone groups is 1. The summed E-state index contributed by atoms with van der Waals surface area (Å²) in [6.07, 6.45) is 4.62. The van der Waals surface area contributed by atoms with E-state index < -0.39 is 10.8 Å². The van der Waals surface area contributed by atoms with E-state index in [2.05, 4.69) is 15.6 Å². The molecule has 148 valence electrons. The zero-order valence-electron chi connectivity index (χ0n) is 15.5. The maximum absolute atomic E-state index is 12.0. The molecule has 4 aromatic rings. The Morgan fingerprint density at radius 3 is 2.53 bits per heavy atom. The molecule has 4 rings (SSSR count). The summed E-state index contributed by atoms with van der Waals surface area (Å²) < 4.78 is 6.63. The summed E-state index contributed by atoms with van der Waals surface area (Å²) in [6.45, 7) is 0. The van der Waals surface area contributed by atoms with Crippen molar-refractivity contribution in [3.63, 3.8) is 0 Å². The second-order valence-corrected chi connectivity index (χ2v) is 6.19. The van der Waals surface area contributed by atoms with Crippen LogP contribution in [0.15, 0.2) is 88.7 Å². The highest BCUT2D eigenvalue weighted by atomic mass is 16.6. The number of nitrogens with one attached hydrogen (secondary N) is 1. The van der Waals surface area contributed by atoms with Crippen molar-refractivity contribution >= 4 is 17.8 Å². The molecule has 0 atom stereocenters. The first-order valence-electron chi connectivity index (χ1n) is 8.88. The van der Waals surface area contributed by atoms with E-state index in [0.29, 0.717) is 16.9 Å². The van der Waals surface area contributed by atoms with Crippen molar-refractivity contribution in [2.45, 2.75) is 0 Å². The van der Waals surface area contributed by atoms with Gasteiger partial charge in [0.1, 0.15) is 5.69 Å². The summed E-state index contributed by atoms with van der Waals surface area (Å²) in [5.41, 5.74) is 5.21. The number of aromatic nitrogens is 2. The van der Waals surface area contributed by atoms with Gasteiger partial charge in [0.2, 0.25) is 0 Å². The lowest BCUT2D eigenvalue weighted by atomic mass is 10.1. The molecule has 1 N–H and O–H groups in total. The Balaban J connectivity index is 1.65. The average molecular weight is 401 g/mol. The standard InChI is InChI=1S/C21H15N5O4/c27-21(19-7-4-12-30-19)23-22-13-16-14-25(17-8-10-18(11-9-17)26(28)29)24-20(16)15-5-2-1-3-6-15/h1-14H,(H,23,27)/b22-13-. The first-order chi connectivity index (χ1) is 14.6. The van der Waals surface area contributed by atoms with E-state index in [1.54, 1.807) is 29.1 Å². The predicted molar refractivity (Wildman–Crippen MR) is 109 cm³/mol. The van der Waals surface area contributed by atoms with Gasteiger partial charge in [0.15, 0.2) is 5.76 Å². The fourth-order valence-electron chi connectivity index (χ4n) is 2.78. The number of amides is 1. The fourth-order valence-corrected chi connectivity index (χ4v) is 2.78. The van der Waals surface area contributed by atoms with Crippen LogP contribution >= 0.6 is 0 Å². The van der Waals surface area contributed by atoms with Crippen LogP contribution in [0.1, 0.15) is 16.1 Å². The van der Waals surface area contributed by atoms with Crippen molar-refractivity contribution in [2.24, 2.45) is 5.10 Å². The molecule has 2 heterocycles.